The second kappa shape index (κ2) is 11.0. The van der Waals surface area contributed by atoms with Crippen molar-refractivity contribution in [2.75, 3.05) is 17.7 Å². The second-order valence-corrected chi connectivity index (χ2v) is 9.32. The van der Waals surface area contributed by atoms with Gasteiger partial charge in [-0.1, -0.05) is 41.1 Å². The summed E-state index contributed by atoms with van der Waals surface area (Å²) in [6, 6.07) is 10.9. The molecular formula is C24H28ClN3O3S. The maximum Gasteiger partial charge on any atom is 0.262 e. The average molecular weight is 474 g/mol. The van der Waals surface area contributed by atoms with Crippen LogP contribution in [0.4, 0.5) is 5.69 Å². The van der Waals surface area contributed by atoms with Gasteiger partial charge >= 0.3 is 0 Å². The van der Waals surface area contributed by atoms with Crippen LogP contribution in [-0.2, 0) is 16.1 Å². The minimum absolute atomic E-state index is 0.131. The first-order chi connectivity index (χ1) is 15.2. The Morgan fingerprint density at radius 3 is 2.72 bits per heavy atom. The molecule has 170 valence electrons. The van der Waals surface area contributed by atoms with E-state index in [0.29, 0.717) is 40.7 Å². The SMILES string of the molecule is Cc1ccc(NC(=O)CSc2nc3cc(Cl)ccc3c(=O)n2CCCOC(C)C)c(C)c1. The van der Waals surface area contributed by atoms with Gasteiger partial charge in [-0.25, -0.2) is 4.98 Å². The van der Waals surface area contributed by atoms with Crippen molar-refractivity contribution >= 4 is 45.9 Å². The first kappa shape index (κ1) is 24.3. The van der Waals surface area contributed by atoms with Gasteiger partial charge in [0.1, 0.15) is 0 Å². The Kier molecular flexibility index (Phi) is 8.34. The van der Waals surface area contributed by atoms with Crippen LogP contribution in [0.1, 0.15) is 31.4 Å². The smallest absolute Gasteiger partial charge is 0.262 e. The zero-order valence-electron chi connectivity index (χ0n) is 18.8. The number of anilines is 1. The van der Waals surface area contributed by atoms with E-state index < -0.39 is 0 Å². The molecule has 2 aromatic carbocycles. The molecule has 6 nitrogen and oxygen atoms in total. The Labute approximate surface area is 197 Å². The van der Waals surface area contributed by atoms with E-state index in [1.807, 2.05) is 45.9 Å². The molecule has 0 fully saturated rings. The Morgan fingerprint density at radius 2 is 2.00 bits per heavy atom. The molecule has 3 aromatic rings. The molecule has 1 aromatic heterocycles. The van der Waals surface area contributed by atoms with Crippen LogP contribution in [0.2, 0.25) is 5.02 Å². The van der Waals surface area contributed by atoms with E-state index in [0.717, 1.165) is 16.8 Å². The molecule has 0 saturated heterocycles. The maximum atomic E-state index is 13.1. The van der Waals surface area contributed by atoms with Crippen molar-refractivity contribution in [3.05, 3.63) is 62.9 Å². The fourth-order valence-electron chi connectivity index (χ4n) is 3.29. The molecule has 0 aliphatic rings. The Hall–Kier alpha value is -2.35. The van der Waals surface area contributed by atoms with E-state index in [-0.39, 0.29) is 23.3 Å². The monoisotopic (exact) mass is 473 g/mol. The molecule has 1 heterocycles. The van der Waals surface area contributed by atoms with Crippen molar-refractivity contribution in [1.29, 1.82) is 0 Å². The third kappa shape index (κ3) is 6.34. The molecule has 0 saturated carbocycles. The second-order valence-electron chi connectivity index (χ2n) is 7.94. The highest BCUT2D eigenvalue weighted by Gasteiger charge is 2.14. The standard InChI is InChI=1S/C24H28ClN3O3S/c1-15(2)31-11-5-10-28-23(30)19-8-7-18(25)13-21(19)27-24(28)32-14-22(29)26-20-9-6-16(3)12-17(20)4/h6-9,12-13,15H,5,10-11,14H2,1-4H3,(H,26,29). The van der Waals surface area contributed by atoms with Crippen molar-refractivity contribution in [2.24, 2.45) is 0 Å². The summed E-state index contributed by atoms with van der Waals surface area (Å²) in [4.78, 5) is 30.3. The number of benzene rings is 2. The van der Waals surface area contributed by atoms with Gasteiger partial charge in [0.25, 0.3) is 5.56 Å². The predicted molar refractivity (Wildman–Crippen MR) is 132 cm³/mol. The summed E-state index contributed by atoms with van der Waals surface area (Å²) in [5, 5.41) is 4.44. The van der Waals surface area contributed by atoms with E-state index in [9.17, 15) is 9.59 Å². The Bertz CT molecular complexity index is 1180. The Balaban J connectivity index is 1.80. The average Bonchev–Trinajstić information content (AvgIpc) is 2.72. The highest BCUT2D eigenvalue weighted by Crippen LogP contribution is 2.22. The summed E-state index contributed by atoms with van der Waals surface area (Å²) in [5.74, 6) is -0.0222. The number of amides is 1. The molecule has 1 N–H and O–H groups in total. The van der Waals surface area contributed by atoms with Crippen LogP contribution >= 0.6 is 23.4 Å². The quantitative estimate of drug-likeness (QED) is 0.262. The highest BCUT2D eigenvalue weighted by atomic mass is 35.5. The van der Waals surface area contributed by atoms with Crippen molar-refractivity contribution in [2.45, 2.75) is 51.9 Å². The molecule has 3 rings (SSSR count). The van der Waals surface area contributed by atoms with Gasteiger partial charge in [0.2, 0.25) is 5.91 Å². The van der Waals surface area contributed by atoms with Gasteiger partial charge < -0.3 is 10.1 Å². The van der Waals surface area contributed by atoms with Gasteiger partial charge in [-0.15, -0.1) is 0 Å². The summed E-state index contributed by atoms with van der Waals surface area (Å²) >= 11 is 7.34. The van der Waals surface area contributed by atoms with E-state index in [1.165, 1.54) is 11.8 Å². The van der Waals surface area contributed by atoms with Crippen LogP contribution < -0.4 is 10.9 Å². The summed E-state index contributed by atoms with van der Waals surface area (Å²) < 4.78 is 7.23. The van der Waals surface area contributed by atoms with Gasteiger partial charge in [-0.2, -0.15) is 0 Å². The van der Waals surface area contributed by atoms with Crippen molar-refractivity contribution in [3.8, 4) is 0 Å². The number of thioether (sulfide) groups is 1. The van der Waals surface area contributed by atoms with E-state index in [2.05, 4.69) is 10.3 Å². The molecular weight excluding hydrogens is 446 g/mol. The number of hydrogen-bond donors (Lipinski definition) is 1. The lowest BCUT2D eigenvalue weighted by atomic mass is 10.1. The van der Waals surface area contributed by atoms with Crippen LogP contribution in [0, 0.1) is 13.8 Å². The van der Waals surface area contributed by atoms with Gasteiger partial charge in [0.15, 0.2) is 5.16 Å². The first-order valence-electron chi connectivity index (χ1n) is 10.6. The zero-order valence-corrected chi connectivity index (χ0v) is 20.3. The van der Waals surface area contributed by atoms with Crippen LogP contribution in [0.25, 0.3) is 10.9 Å². The van der Waals surface area contributed by atoms with Gasteiger partial charge in [0.05, 0.1) is 22.8 Å². The third-order valence-corrected chi connectivity index (χ3v) is 6.06. The molecule has 0 bridgehead atoms. The topological polar surface area (TPSA) is 73.2 Å². The first-order valence-corrected chi connectivity index (χ1v) is 11.9. The lowest BCUT2D eigenvalue weighted by Gasteiger charge is -2.14. The summed E-state index contributed by atoms with van der Waals surface area (Å²) in [7, 11) is 0. The number of rotatable bonds is 9. The number of nitrogens with zero attached hydrogens (tertiary/aromatic N) is 2. The molecule has 32 heavy (non-hydrogen) atoms. The number of fused-ring (bicyclic) bond motifs is 1. The maximum absolute atomic E-state index is 13.1. The molecule has 0 radical (unpaired) electrons. The largest absolute Gasteiger partial charge is 0.379 e. The molecule has 0 aliphatic carbocycles. The number of ether oxygens (including phenoxy) is 1. The van der Waals surface area contributed by atoms with Gasteiger partial charge in [0, 0.05) is 23.9 Å². The van der Waals surface area contributed by atoms with Crippen molar-refractivity contribution in [1.82, 2.24) is 9.55 Å². The molecule has 0 aliphatic heterocycles. The van der Waals surface area contributed by atoms with Crippen LogP contribution in [0.3, 0.4) is 0 Å². The highest BCUT2D eigenvalue weighted by molar-refractivity contribution is 7.99. The van der Waals surface area contributed by atoms with Gasteiger partial charge in [-0.3, -0.25) is 14.2 Å². The Morgan fingerprint density at radius 1 is 1.22 bits per heavy atom. The van der Waals surface area contributed by atoms with E-state index >= 15 is 0 Å². The lowest BCUT2D eigenvalue weighted by Crippen LogP contribution is -2.25. The minimum Gasteiger partial charge on any atom is -0.379 e. The molecule has 1 amide bonds. The number of carbonyl (C=O) groups excluding carboxylic acids is 1. The number of nitrogens with one attached hydrogen (secondary N) is 1. The predicted octanol–water partition coefficient (Wildman–Crippen LogP) is 5.21. The zero-order chi connectivity index (χ0) is 23.3. The van der Waals surface area contributed by atoms with Crippen LogP contribution in [-0.4, -0.2) is 33.9 Å². The van der Waals surface area contributed by atoms with Gasteiger partial charge in [-0.05, 0) is 63.9 Å². The number of hydrogen-bond acceptors (Lipinski definition) is 5. The fraction of sp³-hybridized carbons (Fsp3) is 0.375. The third-order valence-electron chi connectivity index (χ3n) is 4.85. The molecule has 0 spiro atoms. The number of carbonyl (C=O) groups is 1. The van der Waals surface area contributed by atoms with Crippen LogP contribution in [0.15, 0.2) is 46.3 Å². The molecule has 0 unspecified atom stereocenters. The molecule has 8 heteroatoms. The van der Waals surface area contributed by atoms with E-state index in [4.69, 9.17) is 16.3 Å². The summed E-state index contributed by atoms with van der Waals surface area (Å²) in [6.45, 7) is 8.92. The number of aryl methyl sites for hydroxylation is 2. The minimum atomic E-state index is -0.155. The summed E-state index contributed by atoms with van der Waals surface area (Å²) in [6.07, 6.45) is 0.799. The normalized spacial score (nSPS) is 11.3. The number of aromatic nitrogens is 2. The van der Waals surface area contributed by atoms with Crippen molar-refractivity contribution < 1.29 is 9.53 Å². The number of halogens is 1. The molecule has 0 atom stereocenters. The lowest BCUT2D eigenvalue weighted by molar-refractivity contribution is -0.113. The fourth-order valence-corrected chi connectivity index (χ4v) is 4.28. The summed E-state index contributed by atoms with van der Waals surface area (Å²) in [5.41, 5.74) is 3.30. The van der Waals surface area contributed by atoms with Crippen molar-refractivity contribution in [3.63, 3.8) is 0 Å². The van der Waals surface area contributed by atoms with E-state index in [1.54, 1.807) is 22.8 Å². The van der Waals surface area contributed by atoms with Crippen LogP contribution in [0.5, 0.6) is 0 Å².